The van der Waals surface area contributed by atoms with Crippen LogP contribution in [0, 0.1) is 5.82 Å². The molecule has 3 N–H and O–H groups in total. The molecule has 0 aliphatic carbocycles. The maximum atomic E-state index is 13.2. The van der Waals surface area contributed by atoms with Gasteiger partial charge in [0.2, 0.25) is 0 Å². The molecule has 0 aromatic heterocycles. The van der Waals surface area contributed by atoms with E-state index in [-0.39, 0.29) is 10.8 Å². The van der Waals surface area contributed by atoms with Crippen molar-refractivity contribution in [2.75, 3.05) is 19.0 Å². The lowest BCUT2D eigenvalue weighted by atomic mass is 10.1. The van der Waals surface area contributed by atoms with Gasteiger partial charge in [0, 0.05) is 17.8 Å². The van der Waals surface area contributed by atoms with Gasteiger partial charge in [0.25, 0.3) is 0 Å². The molecule has 0 saturated carbocycles. The third-order valence-corrected chi connectivity index (χ3v) is 3.33. The first-order valence-electron chi connectivity index (χ1n) is 6.56. The Bertz CT molecular complexity index is 646. The third kappa shape index (κ3) is 4.16. The Morgan fingerprint density at radius 3 is 2.81 bits per heavy atom. The Balaban J connectivity index is 2.01. The summed E-state index contributed by atoms with van der Waals surface area (Å²) in [4.78, 5) is 0.179. The molecule has 0 aliphatic rings. The molecule has 0 spiro atoms. The lowest BCUT2D eigenvalue weighted by Crippen LogP contribution is -2.15. The molecular weight excluding hydrogens is 287 g/mol. The molecule has 3 nitrogen and oxygen atoms in total. The molecule has 0 amide bonds. The number of halogens is 1. The normalized spacial score (nSPS) is 10.2. The molecule has 2 aromatic carbocycles. The molecule has 0 unspecified atom stereocenters. The van der Waals surface area contributed by atoms with Crippen LogP contribution in [0.2, 0.25) is 0 Å². The number of nitrogens with one attached hydrogen (secondary N) is 1. The summed E-state index contributed by atoms with van der Waals surface area (Å²) in [6.45, 7) is 0.689. The highest BCUT2D eigenvalue weighted by atomic mass is 32.1. The summed E-state index contributed by atoms with van der Waals surface area (Å²) in [6, 6.07) is 12.2. The van der Waals surface area contributed by atoms with Crippen molar-refractivity contribution in [3.05, 3.63) is 59.4 Å². The molecule has 2 rings (SSSR count). The van der Waals surface area contributed by atoms with Crippen molar-refractivity contribution in [2.45, 2.75) is 6.42 Å². The number of hydrogen-bond donors (Lipinski definition) is 2. The zero-order chi connectivity index (χ0) is 15.2. The van der Waals surface area contributed by atoms with Crippen LogP contribution < -0.4 is 15.8 Å². The van der Waals surface area contributed by atoms with E-state index in [1.807, 2.05) is 24.3 Å². The molecule has 0 radical (unpaired) electrons. The van der Waals surface area contributed by atoms with Crippen LogP contribution in [0.1, 0.15) is 11.1 Å². The molecule has 0 saturated heterocycles. The molecule has 5 heteroatoms. The van der Waals surface area contributed by atoms with Crippen LogP contribution in [-0.2, 0) is 6.42 Å². The van der Waals surface area contributed by atoms with E-state index in [4.69, 9.17) is 22.7 Å². The third-order valence-electron chi connectivity index (χ3n) is 3.11. The minimum atomic E-state index is -0.351. The lowest BCUT2D eigenvalue weighted by Gasteiger charge is -2.11. The van der Waals surface area contributed by atoms with Gasteiger partial charge in [-0.05, 0) is 42.3 Å². The van der Waals surface area contributed by atoms with E-state index in [1.54, 1.807) is 13.2 Å². The second-order valence-corrected chi connectivity index (χ2v) is 5.02. The molecule has 21 heavy (non-hydrogen) atoms. The Morgan fingerprint density at radius 1 is 1.29 bits per heavy atom. The van der Waals surface area contributed by atoms with Crippen molar-refractivity contribution in [1.82, 2.24) is 0 Å². The molecule has 2 aromatic rings. The van der Waals surface area contributed by atoms with Gasteiger partial charge < -0.3 is 15.8 Å². The molecule has 0 fully saturated rings. The number of ether oxygens (including phenoxy) is 1. The molecule has 0 aliphatic heterocycles. The first-order chi connectivity index (χ1) is 10.1. The highest BCUT2D eigenvalue weighted by Crippen LogP contribution is 2.18. The maximum absolute atomic E-state index is 13.2. The summed E-state index contributed by atoms with van der Waals surface area (Å²) in [7, 11) is 1.64. The smallest absolute Gasteiger partial charge is 0.124 e. The van der Waals surface area contributed by atoms with Gasteiger partial charge in [-0.1, -0.05) is 24.4 Å². The summed E-state index contributed by atoms with van der Waals surface area (Å²) in [5, 5.41) is 3.23. The Hall–Kier alpha value is -2.14. The van der Waals surface area contributed by atoms with Gasteiger partial charge in [-0.25, -0.2) is 4.39 Å². The van der Waals surface area contributed by atoms with E-state index in [0.29, 0.717) is 12.1 Å². The van der Waals surface area contributed by atoms with Gasteiger partial charge in [0.15, 0.2) is 0 Å². The summed E-state index contributed by atoms with van der Waals surface area (Å²) >= 11 is 4.94. The SMILES string of the molecule is COc1cccc(CCNc2ccc(F)cc2C(N)=S)c1. The van der Waals surface area contributed by atoms with Gasteiger partial charge >= 0.3 is 0 Å². The number of benzene rings is 2. The Labute approximate surface area is 128 Å². The molecule has 110 valence electrons. The lowest BCUT2D eigenvalue weighted by molar-refractivity contribution is 0.414. The molecule has 0 bridgehead atoms. The fourth-order valence-electron chi connectivity index (χ4n) is 2.04. The first kappa shape index (κ1) is 15.3. The van der Waals surface area contributed by atoms with Crippen LogP contribution in [-0.4, -0.2) is 18.6 Å². The van der Waals surface area contributed by atoms with Crippen molar-refractivity contribution in [1.29, 1.82) is 0 Å². The fourth-order valence-corrected chi connectivity index (χ4v) is 2.21. The zero-order valence-electron chi connectivity index (χ0n) is 11.7. The van der Waals surface area contributed by atoms with Crippen LogP contribution in [0.4, 0.5) is 10.1 Å². The molecule has 0 heterocycles. The topological polar surface area (TPSA) is 47.3 Å². The average molecular weight is 304 g/mol. The number of rotatable bonds is 6. The predicted octanol–water partition coefficient (Wildman–Crippen LogP) is 3.12. The number of methoxy groups -OCH3 is 1. The van der Waals surface area contributed by atoms with Crippen LogP contribution in [0.3, 0.4) is 0 Å². The highest BCUT2D eigenvalue weighted by molar-refractivity contribution is 7.80. The second-order valence-electron chi connectivity index (χ2n) is 4.58. The van der Waals surface area contributed by atoms with Crippen LogP contribution >= 0.6 is 12.2 Å². The van der Waals surface area contributed by atoms with Crippen molar-refractivity contribution < 1.29 is 9.13 Å². The van der Waals surface area contributed by atoms with E-state index < -0.39 is 0 Å². The second kappa shape index (κ2) is 7.04. The van der Waals surface area contributed by atoms with Crippen molar-refractivity contribution >= 4 is 22.9 Å². The molecule has 0 atom stereocenters. The van der Waals surface area contributed by atoms with E-state index >= 15 is 0 Å². The van der Waals surface area contributed by atoms with Crippen molar-refractivity contribution in [3.63, 3.8) is 0 Å². The van der Waals surface area contributed by atoms with Gasteiger partial charge in [-0.3, -0.25) is 0 Å². The summed E-state index contributed by atoms with van der Waals surface area (Å²) in [5.41, 5.74) is 8.03. The number of nitrogens with two attached hydrogens (primary N) is 1. The summed E-state index contributed by atoms with van der Waals surface area (Å²) in [6.07, 6.45) is 0.811. The largest absolute Gasteiger partial charge is 0.497 e. The quantitative estimate of drug-likeness (QED) is 0.805. The summed E-state index contributed by atoms with van der Waals surface area (Å²) < 4.78 is 18.4. The minimum absolute atomic E-state index is 0.179. The number of thiocarbonyl (C=S) groups is 1. The average Bonchev–Trinajstić information content (AvgIpc) is 2.48. The van der Waals surface area contributed by atoms with Crippen LogP contribution in [0.5, 0.6) is 5.75 Å². The summed E-state index contributed by atoms with van der Waals surface area (Å²) in [5.74, 6) is 0.481. The van der Waals surface area contributed by atoms with Gasteiger partial charge in [0.1, 0.15) is 16.6 Å². The Kier molecular flexibility index (Phi) is 5.11. The predicted molar refractivity (Wildman–Crippen MR) is 87.5 cm³/mol. The minimum Gasteiger partial charge on any atom is -0.497 e. The van der Waals surface area contributed by atoms with Crippen LogP contribution in [0.15, 0.2) is 42.5 Å². The van der Waals surface area contributed by atoms with E-state index in [1.165, 1.54) is 12.1 Å². The fraction of sp³-hybridized carbons (Fsp3) is 0.188. The first-order valence-corrected chi connectivity index (χ1v) is 6.97. The zero-order valence-corrected chi connectivity index (χ0v) is 12.5. The van der Waals surface area contributed by atoms with Gasteiger partial charge in [-0.2, -0.15) is 0 Å². The van der Waals surface area contributed by atoms with Gasteiger partial charge in [0.05, 0.1) is 7.11 Å². The van der Waals surface area contributed by atoms with Crippen molar-refractivity contribution in [3.8, 4) is 5.75 Å². The van der Waals surface area contributed by atoms with Gasteiger partial charge in [-0.15, -0.1) is 0 Å². The number of anilines is 1. The highest BCUT2D eigenvalue weighted by Gasteiger charge is 2.06. The van der Waals surface area contributed by atoms with Crippen molar-refractivity contribution in [2.24, 2.45) is 5.73 Å². The maximum Gasteiger partial charge on any atom is 0.124 e. The van der Waals surface area contributed by atoms with E-state index in [2.05, 4.69) is 5.32 Å². The van der Waals surface area contributed by atoms with Crippen LogP contribution in [0.25, 0.3) is 0 Å². The number of hydrogen-bond acceptors (Lipinski definition) is 3. The monoisotopic (exact) mass is 304 g/mol. The van der Waals surface area contributed by atoms with E-state index in [0.717, 1.165) is 23.4 Å². The Morgan fingerprint density at radius 2 is 2.10 bits per heavy atom. The standard InChI is InChI=1S/C16H17FN2OS/c1-20-13-4-2-3-11(9-13)7-8-19-15-6-5-12(17)10-14(15)16(18)21/h2-6,9-10,19H,7-8H2,1H3,(H2,18,21). The molecular formula is C16H17FN2OS. The van der Waals surface area contributed by atoms with E-state index in [9.17, 15) is 4.39 Å².